The van der Waals surface area contributed by atoms with E-state index in [0.29, 0.717) is 12.3 Å². The van der Waals surface area contributed by atoms with Crippen LogP contribution in [0.2, 0.25) is 0 Å². The van der Waals surface area contributed by atoms with Gasteiger partial charge in [0.1, 0.15) is 12.6 Å². The summed E-state index contributed by atoms with van der Waals surface area (Å²) in [4.78, 5) is 34.6. The number of hydrogen-bond donors (Lipinski definition) is 2. The van der Waals surface area contributed by atoms with E-state index in [1.54, 1.807) is 13.0 Å². The first-order chi connectivity index (χ1) is 9.45. The molecule has 108 valence electrons. The van der Waals surface area contributed by atoms with Gasteiger partial charge in [-0.25, -0.2) is 4.79 Å². The van der Waals surface area contributed by atoms with E-state index >= 15 is 0 Å². The fraction of sp³-hybridized carbons (Fsp3) is 0.500. The van der Waals surface area contributed by atoms with Gasteiger partial charge in [0.15, 0.2) is 0 Å². The first-order valence-corrected chi connectivity index (χ1v) is 6.65. The summed E-state index contributed by atoms with van der Waals surface area (Å²) in [6.07, 6.45) is 4.05. The van der Waals surface area contributed by atoms with Crippen molar-refractivity contribution in [3.63, 3.8) is 0 Å². The van der Waals surface area contributed by atoms with Crippen molar-refractivity contribution in [2.45, 2.75) is 38.8 Å². The normalized spacial score (nSPS) is 15.7. The summed E-state index contributed by atoms with van der Waals surface area (Å²) in [6, 6.07) is 2.30. The summed E-state index contributed by atoms with van der Waals surface area (Å²) in [5.41, 5.74) is 0.554. The summed E-state index contributed by atoms with van der Waals surface area (Å²) in [5, 5.41) is 11.6. The van der Waals surface area contributed by atoms with Gasteiger partial charge in [-0.15, -0.1) is 0 Å². The van der Waals surface area contributed by atoms with Crippen LogP contribution in [-0.4, -0.2) is 27.6 Å². The van der Waals surface area contributed by atoms with E-state index in [0.717, 1.165) is 18.4 Å². The van der Waals surface area contributed by atoms with Gasteiger partial charge in [0.2, 0.25) is 5.91 Å². The molecule has 20 heavy (non-hydrogen) atoms. The standard InChI is InChI=1S/C14H18N2O4/c1-9-4-5-16(13(18)6-9)8-12(17)15-11(14(19)20)7-10-2-3-10/h4-6,10-11H,2-3,7-8H2,1H3,(H,15,17)(H,19,20). The molecule has 6 heteroatoms. The Hall–Kier alpha value is -2.11. The predicted octanol–water partition coefficient (Wildman–Crippen LogP) is 0.526. The quantitative estimate of drug-likeness (QED) is 0.794. The van der Waals surface area contributed by atoms with Crippen LogP contribution in [0.5, 0.6) is 0 Å². The second-order valence-electron chi connectivity index (χ2n) is 5.31. The van der Waals surface area contributed by atoms with Crippen molar-refractivity contribution in [2.75, 3.05) is 0 Å². The lowest BCUT2D eigenvalue weighted by Gasteiger charge is -2.14. The zero-order valence-electron chi connectivity index (χ0n) is 11.3. The number of carbonyl (C=O) groups excluding carboxylic acids is 1. The van der Waals surface area contributed by atoms with Gasteiger partial charge in [-0.3, -0.25) is 9.59 Å². The maximum atomic E-state index is 11.8. The first kappa shape index (κ1) is 14.3. The Morgan fingerprint density at radius 2 is 2.20 bits per heavy atom. The Bertz CT molecular complexity index is 575. The average molecular weight is 278 g/mol. The van der Waals surface area contributed by atoms with Crippen molar-refractivity contribution < 1.29 is 14.7 Å². The Balaban J connectivity index is 1.96. The number of carboxylic acids is 1. The van der Waals surface area contributed by atoms with Crippen LogP contribution >= 0.6 is 0 Å². The van der Waals surface area contributed by atoms with Gasteiger partial charge < -0.3 is 15.0 Å². The molecular weight excluding hydrogens is 260 g/mol. The van der Waals surface area contributed by atoms with Crippen LogP contribution in [0, 0.1) is 12.8 Å². The lowest BCUT2D eigenvalue weighted by atomic mass is 10.1. The molecule has 6 nitrogen and oxygen atoms in total. The molecular formula is C14H18N2O4. The topological polar surface area (TPSA) is 88.4 Å². The number of aromatic nitrogens is 1. The van der Waals surface area contributed by atoms with Crippen LogP contribution in [0.3, 0.4) is 0 Å². The maximum absolute atomic E-state index is 11.8. The Labute approximate surface area is 116 Å². The maximum Gasteiger partial charge on any atom is 0.326 e. The summed E-state index contributed by atoms with van der Waals surface area (Å²) in [6.45, 7) is 1.63. The number of pyridine rings is 1. The second kappa shape index (κ2) is 5.90. The summed E-state index contributed by atoms with van der Waals surface area (Å²) in [5.74, 6) is -1.08. The predicted molar refractivity (Wildman–Crippen MR) is 72.3 cm³/mol. The highest BCUT2D eigenvalue weighted by Crippen LogP contribution is 2.33. The highest BCUT2D eigenvalue weighted by Gasteiger charge is 2.30. The van der Waals surface area contributed by atoms with Gasteiger partial charge in [0, 0.05) is 12.3 Å². The van der Waals surface area contributed by atoms with E-state index in [1.807, 2.05) is 0 Å². The Morgan fingerprint density at radius 1 is 1.50 bits per heavy atom. The summed E-state index contributed by atoms with van der Waals surface area (Å²) < 4.78 is 1.26. The second-order valence-corrected chi connectivity index (χ2v) is 5.31. The van der Waals surface area contributed by atoms with E-state index in [4.69, 9.17) is 5.11 Å². The van der Waals surface area contributed by atoms with Crippen molar-refractivity contribution in [2.24, 2.45) is 5.92 Å². The van der Waals surface area contributed by atoms with Gasteiger partial charge >= 0.3 is 5.97 Å². The van der Waals surface area contributed by atoms with Gasteiger partial charge in [-0.2, -0.15) is 0 Å². The molecule has 1 aromatic heterocycles. The number of amides is 1. The molecule has 1 aliphatic rings. The minimum absolute atomic E-state index is 0.159. The zero-order chi connectivity index (χ0) is 14.7. The number of nitrogens with zero attached hydrogens (tertiary/aromatic N) is 1. The fourth-order valence-corrected chi connectivity index (χ4v) is 2.04. The molecule has 0 aromatic carbocycles. The molecule has 0 bridgehead atoms. The monoisotopic (exact) mass is 278 g/mol. The van der Waals surface area contributed by atoms with Gasteiger partial charge in [-0.05, 0) is 30.9 Å². The summed E-state index contributed by atoms with van der Waals surface area (Å²) >= 11 is 0. The minimum Gasteiger partial charge on any atom is -0.480 e. The van der Waals surface area contributed by atoms with Crippen molar-refractivity contribution in [3.05, 3.63) is 34.2 Å². The van der Waals surface area contributed by atoms with Crippen molar-refractivity contribution >= 4 is 11.9 Å². The van der Waals surface area contributed by atoms with E-state index in [2.05, 4.69) is 5.32 Å². The van der Waals surface area contributed by atoms with Crippen molar-refractivity contribution in [1.29, 1.82) is 0 Å². The van der Waals surface area contributed by atoms with Crippen LogP contribution in [0.25, 0.3) is 0 Å². The van der Waals surface area contributed by atoms with Gasteiger partial charge in [0.05, 0.1) is 0 Å². The van der Waals surface area contributed by atoms with Crippen LogP contribution in [-0.2, 0) is 16.1 Å². The number of hydrogen-bond acceptors (Lipinski definition) is 3. The molecule has 0 spiro atoms. The number of aryl methyl sites for hydroxylation is 1. The molecule has 1 heterocycles. The van der Waals surface area contributed by atoms with Gasteiger partial charge in [-0.1, -0.05) is 12.8 Å². The number of carbonyl (C=O) groups is 2. The molecule has 0 saturated heterocycles. The minimum atomic E-state index is -1.03. The molecule has 1 aliphatic carbocycles. The average Bonchev–Trinajstić information content (AvgIpc) is 3.16. The molecule has 1 atom stereocenters. The van der Waals surface area contributed by atoms with Crippen LogP contribution < -0.4 is 10.9 Å². The number of aliphatic carboxylic acids is 1. The van der Waals surface area contributed by atoms with Gasteiger partial charge in [0.25, 0.3) is 5.56 Å². The largest absolute Gasteiger partial charge is 0.480 e. The third-order valence-corrected chi connectivity index (χ3v) is 3.36. The van der Waals surface area contributed by atoms with Crippen molar-refractivity contribution in [3.8, 4) is 0 Å². The van der Waals surface area contributed by atoms with E-state index in [-0.39, 0.29) is 12.1 Å². The van der Waals surface area contributed by atoms with Crippen LogP contribution in [0.15, 0.2) is 23.1 Å². The number of rotatable bonds is 6. The Kier molecular flexibility index (Phi) is 4.22. The lowest BCUT2D eigenvalue weighted by molar-refractivity contribution is -0.142. The molecule has 0 aliphatic heterocycles. The SMILES string of the molecule is Cc1ccn(CC(=O)NC(CC2CC2)C(=O)O)c(=O)c1. The number of carboxylic acid groups (broad SMARTS) is 1. The molecule has 1 amide bonds. The highest BCUT2D eigenvalue weighted by atomic mass is 16.4. The lowest BCUT2D eigenvalue weighted by Crippen LogP contribution is -2.43. The van der Waals surface area contributed by atoms with Crippen LogP contribution in [0.1, 0.15) is 24.8 Å². The van der Waals surface area contributed by atoms with E-state index < -0.39 is 17.9 Å². The third-order valence-electron chi connectivity index (χ3n) is 3.36. The first-order valence-electron chi connectivity index (χ1n) is 6.65. The Morgan fingerprint density at radius 3 is 2.75 bits per heavy atom. The molecule has 1 fully saturated rings. The third kappa shape index (κ3) is 3.94. The molecule has 1 saturated carbocycles. The molecule has 1 aromatic rings. The summed E-state index contributed by atoms with van der Waals surface area (Å²) in [7, 11) is 0. The molecule has 2 rings (SSSR count). The van der Waals surface area contributed by atoms with Crippen molar-refractivity contribution in [1.82, 2.24) is 9.88 Å². The fourth-order valence-electron chi connectivity index (χ4n) is 2.04. The smallest absolute Gasteiger partial charge is 0.326 e. The number of nitrogens with one attached hydrogen (secondary N) is 1. The zero-order valence-corrected chi connectivity index (χ0v) is 11.3. The molecule has 2 N–H and O–H groups in total. The van der Waals surface area contributed by atoms with E-state index in [1.165, 1.54) is 16.8 Å². The van der Waals surface area contributed by atoms with E-state index in [9.17, 15) is 14.4 Å². The molecule has 0 radical (unpaired) electrons. The molecule has 1 unspecified atom stereocenters. The van der Waals surface area contributed by atoms with Crippen LogP contribution in [0.4, 0.5) is 0 Å². The highest BCUT2D eigenvalue weighted by molar-refractivity contribution is 5.83.